The summed E-state index contributed by atoms with van der Waals surface area (Å²) in [7, 11) is -0.342. The molecule has 0 aromatic carbocycles. The molecule has 1 rings (SSSR count). The second-order valence-electron chi connectivity index (χ2n) is 3.09. The molecule has 2 nitrogen and oxygen atoms in total. The monoisotopic (exact) mass is 169 g/mol. The lowest BCUT2D eigenvalue weighted by Gasteiger charge is -2.12. The molecule has 1 N–H and O–H groups in total. The smallest absolute Gasteiger partial charge is 0.217 e. The fraction of sp³-hybridized carbons (Fsp3) is 0.750. The van der Waals surface area contributed by atoms with Crippen LogP contribution in [0.1, 0.15) is 26.7 Å². The van der Waals surface area contributed by atoms with E-state index in [4.69, 9.17) is 0 Å². The van der Waals surface area contributed by atoms with E-state index >= 15 is 0 Å². The molecule has 0 saturated carbocycles. The van der Waals surface area contributed by atoms with E-state index in [-0.39, 0.29) is 14.3 Å². The van der Waals surface area contributed by atoms with E-state index in [1.54, 1.807) is 6.92 Å². The van der Waals surface area contributed by atoms with E-state index in [0.29, 0.717) is 5.67 Å². The molecular formula is C8H15NOSi. The second-order valence-corrected chi connectivity index (χ2v) is 6.02. The Hall–Kier alpha value is -0.443. The third-order valence-electron chi connectivity index (χ3n) is 2.05. The van der Waals surface area contributed by atoms with Gasteiger partial charge in [0.15, 0.2) is 0 Å². The third-order valence-corrected chi connectivity index (χ3v) is 5.05. The van der Waals surface area contributed by atoms with Crippen LogP contribution >= 0.6 is 0 Å². The highest BCUT2D eigenvalue weighted by molar-refractivity contribution is 6.68. The molecule has 1 heterocycles. The van der Waals surface area contributed by atoms with E-state index in [9.17, 15) is 4.79 Å². The summed E-state index contributed by atoms with van der Waals surface area (Å²) in [4.78, 5) is 10.7. The quantitative estimate of drug-likeness (QED) is 0.606. The standard InChI is InChI=1S/C8H15NOSi/c1-7(10)9-8(2)11-5-3-4-6-11/h5,8H,3-4,6H2,1-2H3,(H,9,10). The fourth-order valence-electron chi connectivity index (χ4n) is 1.49. The normalized spacial score (nSPS) is 19.3. The maximum Gasteiger partial charge on any atom is 0.217 e. The molecule has 1 aliphatic rings. The van der Waals surface area contributed by atoms with Crippen LogP contribution in [-0.2, 0) is 4.79 Å². The summed E-state index contributed by atoms with van der Waals surface area (Å²) in [6.07, 6.45) is 2.59. The maximum absolute atomic E-state index is 10.7. The van der Waals surface area contributed by atoms with Gasteiger partial charge in [-0.25, -0.2) is 0 Å². The molecule has 0 saturated heterocycles. The lowest BCUT2D eigenvalue weighted by atomic mass is 10.4. The predicted molar refractivity (Wildman–Crippen MR) is 49.1 cm³/mol. The van der Waals surface area contributed by atoms with E-state index in [1.165, 1.54) is 18.9 Å². The van der Waals surface area contributed by atoms with Gasteiger partial charge in [0.2, 0.25) is 5.91 Å². The van der Waals surface area contributed by atoms with E-state index in [0.717, 1.165) is 0 Å². The largest absolute Gasteiger partial charge is 0.354 e. The summed E-state index contributed by atoms with van der Waals surface area (Å²) >= 11 is 0. The highest BCUT2D eigenvalue weighted by atomic mass is 28.2. The van der Waals surface area contributed by atoms with Crippen LogP contribution < -0.4 is 5.32 Å². The Morgan fingerprint density at radius 1 is 1.73 bits per heavy atom. The van der Waals surface area contributed by atoms with Gasteiger partial charge < -0.3 is 5.32 Å². The molecule has 0 aliphatic carbocycles. The van der Waals surface area contributed by atoms with Gasteiger partial charge in [0.25, 0.3) is 0 Å². The molecular weight excluding hydrogens is 154 g/mol. The van der Waals surface area contributed by atoms with Gasteiger partial charge in [-0.1, -0.05) is 0 Å². The zero-order valence-electron chi connectivity index (χ0n) is 7.18. The van der Waals surface area contributed by atoms with Crippen LogP contribution in [0.2, 0.25) is 6.04 Å². The van der Waals surface area contributed by atoms with Crippen molar-refractivity contribution >= 4 is 20.0 Å². The van der Waals surface area contributed by atoms with E-state index < -0.39 is 0 Å². The Morgan fingerprint density at radius 2 is 2.45 bits per heavy atom. The average molecular weight is 169 g/mol. The van der Waals surface area contributed by atoms with Gasteiger partial charge in [-0.3, -0.25) is 4.79 Å². The van der Waals surface area contributed by atoms with Crippen molar-refractivity contribution in [1.29, 1.82) is 0 Å². The number of nitrogens with one attached hydrogen (secondary N) is 1. The zero-order valence-corrected chi connectivity index (χ0v) is 8.18. The Morgan fingerprint density at radius 3 is 2.91 bits per heavy atom. The lowest BCUT2D eigenvalue weighted by molar-refractivity contribution is -0.119. The molecule has 1 aliphatic heterocycles. The van der Waals surface area contributed by atoms with Crippen molar-refractivity contribution in [2.24, 2.45) is 0 Å². The lowest BCUT2D eigenvalue weighted by Crippen LogP contribution is -2.38. The molecule has 3 heteroatoms. The molecule has 62 valence electrons. The van der Waals surface area contributed by atoms with E-state index in [2.05, 4.69) is 17.9 Å². The van der Waals surface area contributed by atoms with Crippen molar-refractivity contribution in [2.75, 3.05) is 0 Å². The second kappa shape index (κ2) is 3.81. The van der Waals surface area contributed by atoms with Crippen molar-refractivity contribution in [3.63, 3.8) is 0 Å². The van der Waals surface area contributed by atoms with Crippen LogP contribution in [0, 0.1) is 0 Å². The number of carbonyl (C=O) groups is 1. The van der Waals surface area contributed by atoms with E-state index in [1.807, 2.05) is 0 Å². The van der Waals surface area contributed by atoms with Crippen LogP contribution in [0.3, 0.4) is 0 Å². The molecule has 0 spiro atoms. The minimum Gasteiger partial charge on any atom is -0.354 e. The van der Waals surface area contributed by atoms with Crippen molar-refractivity contribution in [2.45, 2.75) is 38.4 Å². The molecule has 1 atom stereocenters. The first kappa shape index (κ1) is 8.65. The van der Waals surface area contributed by atoms with Crippen LogP contribution in [0.4, 0.5) is 0 Å². The first-order valence-corrected chi connectivity index (χ1v) is 6.02. The highest BCUT2D eigenvalue weighted by Crippen LogP contribution is 2.06. The summed E-state index contributed by atoms with van der Waals surface area (Å²) in [5.41, 5.74) is 2.85. The van der Waals surface area contributed by atoms with Crippen LogP contribution in [0.25, 0.3) is 0 Å². The molecule has 0 aromatic heterocycles. The number of carbonyl (C=O) groups excluding carboxylic acids is 1. The Kier molecular flexibility index (Phi) is 2.99. The fourth-order valence-corrected chi connectivity index (χ4v) is 4.05. The van der Waals surface area contributed by atoms with Crippen LogP contribution in [0.15, 0.2) is 0 Å². The van der Waals surface area contributed by atoms with Gasteiger partial charge in [-0.2, -0.15) is 0 Å². The van der Waals surface area contributed by atoms with Gasteiger partial charge in [0, 0.05) is 21.0 Å². The summed E-state index contributed by atoms with van der Waals surface area (Å²) in [6, 6.07) is 1.34. The summed E-state index contributed by atoms with van der Waals surface area (Å²) in [5, 5.41) is 2.96. The minimum absolute atomic E-state index is 0.107. The number of rotatable bonds is 2. The number of hydrogen-bond acceptors (Lipinski definition) is 1. The molecule has 0 aromatic rings. The van der Waals surface area contributed by atoms with Gasteiger partial charge >= 0.3 is 0 Å². The van der Waals surface area contributed by atoms with Gasteiger partial charge in [-0.05, 0) is 25.8 Å². The SMILES string of the molecule is CC(=O)NC(C)[Si]1=CCCC1. The Bertz CT molecular complexity index is 189. The number of hydrogen-bond donors (Lipinski definition) is 1. The van der Waals surface area contributed by atoms with Crippen molar-refractivity contribution in [3.8, 4) is 0 Å². The van der Waals surface area contributed by atoms with Crippen molar-refractivity contribution in [1.82, 2.24) is 5.32 Å². The summed E-state index contributed by atoms with van der Waals surface area (Å²) in [6.45, 7) is 3.71. The van der Waals surface area contributed by atoms with Crippen LogP contribution in [0.5, 0.6) is 0 Å². The molecule has 0 fully saturated rings. The Balaban J connectivity index is 2.40. The predicted octanol–water partition coefficient (Wildman–Crippen LogP) is 0.723. The Labute approximate surface area is 69.2 Å². The first-order chi connectivity index (χ1) is 5.20. The summed E-state index contributed by atoms with van der Waals surface area (Å²) in [5.74, 6) is 0.107. The third kappa shape index (κ3) is 2.58. The maximum atomic E-state index is 10.7. The molecule has 0 bridgehead atoms. The highest BCUT2D eigenvalue weighted by Gasteiger charge is 2.13. The minimum atomic E-state index is -0.342. The summed E-state index contributed by atoms with van der Waals surface area (Å²) < 4.78 is 0. The van der Waals surface area contributed by atoms with Gasteiger partial charge in [0.05, 0.1) is 0 Å². The van der Waals surface area contributed by atoms with Gasteiger partial charge in [0.1, 0.15) is 0 Å². The average Bonchev–Trinajstić information content (AvgIpc) is 2.35. The molecule has 1 amide bonds. The number of amides is 1. The molecule has 0 radical (unpaired) electrons. The topological polar surface area (TPSA) is 29.1 Å². The van der Waals surface area contributed by atoms with Gasteiger partial charge in [-0.15, -0.1) is 5.67 Å². The first-order valence-electron chi connectivity index (χ1n) is 4.16. The molecule has 11 heavy (non-hydrogen) atoms. The zero-order chi connectivity index (χ0) is 8.27. The van der Waals surface area contributed by atoms with Crippen molar-refractivity contribution in [3.05, 3.63) is 0 Å². The van der Waals surface area contributed by atoms with Crippen molar-refractivity contribution < 1.29 is 4.79 Å². The molecule has 1 unspecified atom stereocenters. The van der Waals surface area contributed by atoms with Crippen LogP contribution in [-0.4, -0.2) is 25.7 Å².